The van der Waals surface area contributed by atoms with Gasteiger partial charge in [0.1, 0.15) is 10.6 Å². The Hall–Kier alpha value is -2.10. The van der Waals surface area contributed by atoms with Crippen LogP contribution in [-0.2, 0) is 28.9 Å². The molecule has 3 aromatic heterocycles. The van der Waals surface area contributed by atoms with Gasteiger partial charge in [-0.1, -0.05) is 11.8 Å². The number of nitrogens with one attached hydrogen (secondary N) is 1. The van der Waals surface area contributed by atoms with Crippen molar-refractivity contribution in [3.63, 3.8) is 0 Å². The van der Waals surface area contributed by atoms with E-state index in [9.17, 15) is 9.59 Å². The van der Waals surface area contributed by atoms with Crippen molar-refractivity contribution in [3.8, 4) is 0 Å². The van der Waals surface area contributed by atoms with Crippen LogP contribution in [0, 0.1) is 0 Å². The molecule has 3 heterocycles. The van der Waals surface area contributed by atoms with Gasteiger partial charge in [-0.15, -0.1) is 11.3 Å². The van der Waals surface area contributed by atoms with Crippen molar-refractivity contribution < 1.29 is 13.9 Å². The summed E-state index contributed by atoms with van der Waals surface area (Å²) in [5, 5.41) is 4.17. The molecule has 1 unspecified atom stereocenters. The number of thiophene rings is 1. The minimum absolute atomic E-state index is 0.0496. The number of fused-ring (bicyclic) bond motifs is 3. The Morgan fingerprint density at radius 3 is 3.03 bits per heavy atom. The molecule has 1 aliphatic rings. The third kappa shape index (κ3) is 4.48. The smallest absolute Gasteiger partial charge is 0.263 e. The van der Waals surface area contributed by atoms with Crippen LogP contribution in [0.4, 0.5) is 0 Å². The summed E-state index contributed by atoms with van der Waals surface area (Å²) in [6.07, 6.45) is 5.79. The molecule has 1 atom stereocenters. The highest BCUT2D eigenvalue weighted by atomic mass is 32.2. The van der Waals surface area contributed by atoms with Crippen LogP contribution < -0.4 is 10.9 Å². The molecule has 30 heavy (non-hydrogen) atoms. The monoisotopic (exact) mass is 447 g/mol. The molecule has 0 fully saturated rings. The standard InChI is InChI=1S/C21H25N3O4S2/c1-13(11-27-2)22-17(25)12-29-21-23-19-18(15-7-3-4-8-16(15)30-19)20(26)24(21)10-14-6-5-9-28-14/h5-6,9,13H,3-4,7-8,10-12H2,1-2H3,(H,22,25). The summed E-state index contributed by atoms with van der Waals surface area (Å²) in [7, 11) is 1.60. The molecule has 0 saturated carbocycles. The highest BCUT2D eigenvalue weighted by molar-refractivity contribution is 7.99. The van der Waals surface area contributed by atoms with Gasteiger partial charge in [0.2, 0.25) is 5.91 Å². The lowest BCUT2D eigenvalue weighted by Crippen LogP contribution is -2.36. The van der Waals surface area contributed by atoms with Crippen LogP contribution in [0.25, 0.3) is 10.2 Å². The number of ether oxygens (including phenoxy) is 1. The summed E-state index contributed by atoms with van der Waals surface area (Å²) in [4.78, 5) is 32.7. The second-order valence-electron chi connectivity index (χ2n) is 7.47. The number of carbonyl (C=O) groups excluding carboxylic acids is 1. The first-order chi connectivity index (χ1) is 14.6. The number of furan rings is 1. The summed E-state index contributed by atoms with van der Waals surface area (Å²) in [6, 6.07) is 3.57. The van der Waals surface area contributed by atoms with E-state index < -0.39 is 0 Å². The van der Waals surface area contributed by atoms with E-state index in [0.717, 1.165) is 41.5 Å². The van der Waals surface area contributed by atoms with E-state index >= 15 is 0 Å². The fourth-order valence-electron chi connectivity index (χ4n) is 3.77. The van der Waals surface area contributed by atoms with Gasteiger partial charge in [0.05, 0.1) is 30.6 Å². The Morgan fingerprint density at radius 2 is 2.27 bits per heavy atom. The molecule has 0 radical (unpaired) electrons. The zero-order valence-corrected chi connectivity index (χ0v) is 18.7. The van der Waals surface area contributed by atoms with Gasteiger partial charge in [-0.3, -0.25) is 14.2 Å². The van der Waals surface area contributed by atoms with Crippen LogP contribution in [0.15, 0.2) is 32.8 Å². The number of aryl methyl sites for hydroxylation is 2. The van der Waals surface area contributed by atoms with Gasteiger partial charge in [0, 0.05) is 18.0 Å². The van der Waals surface area contributed by atoms with E-state index in [2.05, 4.69) is 5.32 Å². The third-order valence-corrected chi connectivity index (χ3v) is 7.25. The van der Waals surface area contributed by atoms with Gasteiger partial charge in [0.15, 0.2) is 5.16 Å². The van der Waals surface area contributed by atoms with Crippen molar-refractivity contribution in [2.75, 3.05) is 19.5 Å². The fourth-order valence-corrected chi connectivity index (χ4v) is 5.88. The molecule has 0 spiro atoms. The Kier molecular flexibility index (Phi) is 6.60. The van der Waals surface area contributed by atoms with Crippen LogP contribution in [0.5, 0.6) is 0 Å². The molecule has 9 heteroatoms. The van der Waals surface area contributed by atoms with Crippen LogP contribution in [0.3, 0.4) is 0 Å². The van der Waals surface area contributed by atoms with Gasteiger partial charge in [-0.25, -0.2) is 4.98 Å². The van der Waals surface area contributed by atoms with Crippen molar-refractivity contribution in [2.45, 2.75) is 50.4 Å². The Bertz CT molecular complexity index is 1090. The van der Waals surface area contributed by atoms with E-state index in [0.29, 0.717) is 24.1 Å². The predicted molar refractivity (Wildman–Crippen MR) is 119 cm³/mol. The van der Waals surface area contributed by atoms with E-state index in [4.69, 9.17) is 14.1 Å². The maximum atomic E-state index is 13.5. The minimum atomic E-state index is -0.117. The highest BCUT2D eigenvalue weighted by Crippen LogP contribution is 2.34. The molecule has 1 amide bonds. The number of methoxy groups -OCH3 is 1. The highest BCUT2D eigenvalue weighted by Gasteiger charge is 2.23. The Morgan fingerprint density at radius 1 is 1.43 bits per heavy atom. The molecule has 1 N–H and O–H groups in total. The first-order valence-corrected chi connectivity index (χ1v) is 11.9. The molecule has 0 bridgehead atoms. The first kappa shape index (κ1) is 21.1. The van der Waals surface area contributed by atoms with Crippen molar-refractivity contribution in [2.24, 2.45) is 0 Å². The zero-order valence-electron chi connectivity index (χ0n) is 17.1. The van der Waals surface area contributed by atoms with E-state index in [-0.39, 0.29) is 23.3 Å². The van der Waals surface area contributed by atoms with Gasteiger partial charge < -0.3 is 14.5 Å². The SMILES string of the molecule is COCC(C)NC(=O)CSc1nc2sc3c(c2c(=O)n1Cc1ccco1)CCCC3. The first-order valence-electron chi connectivity index (χ1n) is 10.1. The van der Waals surface area contributed by atoms with Crippen molar-refractivity contribution >= 4 is 39.2 Å². The summed E-state index contributed by atoms with van der Waals surface area (Å²) >= 11 is 2.89. The van der Waals surface area contributed by atoms with E-state index in [1.807, 2.05) is 13.0 Å². The topological polar surface area (TPSA) is 86.4 Å². The largest absolute Gasteiger partial charge is 0.467 e. The second-order valence-corrected chi connectivity index (χ2v) is 9.49. The zero-order chi connectivity index (χ0) is 21.1. The Labute approximate surface area is 182 Å². The predicted octanol–water partition coefficient (Wildman–Crippen LogP) is 3.22. The van der Waals surface area contributed by atoms with Crippen LogP contribution in [0.2, 0.25) is 0 Å². The number of amides is 1. The fraction of sp³-hybridized carbons (Fsp3) is 0.476. The summed E-state index contributed by atoms with van der Waals surface area (Å²) in [5.41, 5.74) is 1.11. The molecule has 0 aromatic carbocycles. The summed E-state index contributed by atoms with van der Waals surface area (Å²) < 4.78 is 12.2. The molecule has 3 aromatic rings. The maximum absolute atomic E-state index is 13.5. The van der Waals surface area contributed by atoms with Crippen molar-refractivity contribution in [3.05, 3.63) is 45.0 Å². The quantitative estimate of drug-likeness (QED) is 0.422. The van der Waals surface area contributed by atoms with Gasteiger partial charge in [0.25, 0.3) is 5.56 Å². The second kappa shape index (κ2) is 9.36. The molecule has 1 aliphatic carbocycles. The molecule has 0 saturated heterocycles. The molecule has 7 nitrogen and oxygen atoms in total. The average molecular weight is 448 g/mol. The number of nitrogens with zero attached hydrogens (tertiary/aromatic N) is 2. The van der Waals surface area contributed by atoms with E-state index in [1.54, 1.807) is 35.3 Å². The van der Waals surface area contributed by atoms with Gasteiger partial charge in [-0.2, -0.15) is 0 Å². The normalized spacial score (nSPS) is 14.6. The molecular weight excluding hydrogens is 422 g/mol. The molecular formula is C21H25N3O4S2. The van der Waals surface area contributed by atoms with Crippen LogP contribution in [-0.4, -0.2) is 41.0 Å². The lowest BCUT2D eigenvalue weighted by Gasteiger charge is -2.14. The van der Waals surface area contributed by atoms with Crippen molar-refractivity contribution in [1.82, 2.24) is 14.9 Å². The van der Waals surface area contributed by atoms with Crippen LogP contribution >= 0.6 is 23.1 Å². The maximum Gasteiger partial charge on any atom is 0.263 e. The van der Waals surface area contributed by atoms with E-state index in [1.165, 1.54) is 16.6 Å². The molecule has 4 rings (SSSR count). The van der Waals surface area contributed by atoms with Gasteiger partial charge >= 0.3 is 0 Å². The lowest BCUT2D eigenvalue weighted by atomic mass is 9.97. The molecule has 160 valence electrons. The minimum Gasteiger partial charge on any atom is -0.467 e. The summed E-state index contributed by atoms with van der Waals surface area (Å²) in [6.45, 7) is 2.63. The summed E-state index contributed by atoms with van der Waals surface area (Å²) in [5.74, 6) is 0.742. The third-order valence-electron chi connectivity index (χ3n) is 5.09. The number of rotatable bonds is 8. The Balaban J connectivity index is 1.66. The lowest BCUT2D eigenvalue weighted by molar-refractivity contribution is -0.119. The van der Waals surface area contributed by atoms with Crippen molar-refractivity contribution in [1.29, 1.82) is 0 Å². The number of thioether (sulfide) groups is 1. The van der Waals surface area contributed by atoms with Gasteiger partial charge in [-0.05, 0) is 50.3 Å². The number of aromatic nitrogens is 2. The number of carbonyl (C=O) groups is 1. The average Bonchev–Trinajstić information content (AvgIpc) is 3.36. The van der Waals surface area contributed by atoms with Crippen LogP contribution in [0.1, 0.15) is 36.0 Å². The number of hydrogen-bond donors (Lipinski definition) is 1. The number of hydrogen-bond acceptors (Lipinski definition) is 7. The molecule has 0 aliphatic heterocycles.